The van der Waals surface area contributed by atoms with Gasteiger partial charge in [0.2, 0.25) is 0 Å². The van der Waals surface area contributed by atoms with Crippen LogP contribution in [0.25, 0.3) is 0 Å². The number of amides is 2. The van der Waals surface area contributed by atoms with Crippen molar-refractivity contribution in [2.45, 2.75) is 88.5 Å². The first kappa shape index (κ1) is 28.4. The lowest BCUT2D eigenvalue weighted by atomic mass is 9.61. The smallest absolute Gasteiger partial charge is 0.255 e. The summed E-state index contributed by atoms with van der Waals surface area (Å²) in [5.41, 5.74) is 0.423. The first-order chi connectivity index (χ1) is 19.9. The van der Waals surface area contributed by atoms with Crippen molar-refractivity contribution in [2.24, 2.45) is 35.5 Å². The summed E-state index contributed by atoms with van der Waals surface area (Å²) in [4.78, 5) is 39.4. The second-order valence-corrected chi connectivity index (χ2v) is 12.9. The number of aliphatic hydroxyl groups is 1. The Morgan fingerprint density at radius 3 is 1.85 bits per heavy atom. The number of hydrogen-bond donors (Lipinski definition) is 3. The number of allylic oxidation sites excluding steroid dienone is 4. The summed E-state index contributed by atoms with van der Waals surface area (Å²) in [6.07, 6.45) is 18.5. The van der Waals surface area contributed by atoms with E-state index in [0.717, 1.165) is 38.5 Å². The van der Waals surface area contributed by atoms with Crippen LogP contribution in [-0.2, 0) is 23.9 Å². The molecule has 2 aliphatic heterocycles. The molecule has 0 bridgehead atoms. The molecular weight excluding hydrogens is 520 g/mol. The molecule has 8 heteroatoms. The van der Waals surface area contributed by atoms with Gasteiger partial charge in [-0.3, -0.25) is 14.4 Å². The lowest BCUT2D eigenvalue weighted by Crippen LogP contribution is -2.61. The van der Waals surface area contributed by atoms with Crippen LogP contribution in [0, 0.1) is 35.5 Å². The molecule has 3 N–H and O–H groups in total. The highest BCUT2D eigenvalue weighted by atomic mass is 16.5. The van der Waals surface area contributed by atoms with Gasteiger partial charge in [0.05, 0.1) is 23.4 Å². The molecule has 2 amide bonds. The fourth-order valence-electron chi connectivity index (χ4n) is 9.21. The van der Waals surface area contributed by atoms with Crippen molar-refractivity contribution in [3.63, 3.8) is 0 Å². The number of carbonyl (C=O) groups is 3. The molecule has 4 aliphatic carbocycles. The summed E-state index contributed by atoms with van der Waals surface area (Å²) in [7, 11) is 3.47. The molecule has 6 rings (SSSR count). The highest BCUT2D eigenvalue weighted by molar-refractivity contribution is 6.22. The van der Waals surface area contributed by atoms with E-state index in [1.807, 2.05) is 0 Å². The maximum atomic E-state index is 13.4. The second kappa shape index (κ2) is 11.9. The molecule has 8 nitrogen and oxygen atoms in total. The molecule has 10 atom stereocenters. The summed E-state index contributed by atoms with van der Waals surface area (Å²) in [5.74, 6) is 0.461. The van der Waals surface area contributed by atoms with E-state index in [2.05, 4.69) is 10.6 Å². The van der Waals surface area contributed by atoms with Crippen LogP contribution in [0.2, 0.25) is 0 Å². The van der Waals surface area contributed by atoms with Gasteiger partial charge < -0.3 is 25.2 Å². The number of methoxy groups -OCH3 is 2. The zero-order valence-electron chi connectivity index (χ0n) is 24.2. The number of nitrogens with one attached hydrogen (secondary N) is 2. The number of ketones is 1. The van der Waals surface area contributed by atoms with Crippen molar-refractivity contribution >= 4 is 17.6 Å². The quantitative estimate of drug-likeness (QED) is 0.263. The van der Waals surface area contributed by atoms with Crippen molar-refractivity contribution in [1.82, 2.24) is 10.6 Å². The lowest BCUT2D eigenvalue weighted by molar-refractivity contribution is -0.138. The first-order valence-electron chi connectivity index (χ1n) is 15.6. The molecule has 10 unspecified atom stereocenters. The Balaban J connectivity index is 1.15. The minimum atomic E-state index is -0.311. The van der Waals surface area contributed by atoms with Crippen molar-refractivity contribution < 1.29 is 29.0 Å². The Labute approximate surface area is 242 Å². The summed E-state index contributed by atoms with van der Waals surface area (Å²) in [6, 6.07) is -0.171. The van der Waals surface area contributed by atoms with E-state index in [0.29, 0.717) is 30.6 Å². The van der Waals surface area contributed by atoms with E-state index >= 15 is 0 Å². The minimum absolute atomic E-state index is 0.0507. The third kappa shape index (κ3) is 5.11. The van der Waals surface area contributed by atoms with Crippen LogP contribution < -0.4 is 10.6 Å². The molecule has 2 heterocycles. The van der Waals surface area contributed by atoms with Gasteiger partial charge in [-0.25, -0.2) is 0 Å². The van der Waals surface area contributed by atoms with Gasteiger partial charge in [-0.05, 0) is 74.3 Å². The largest absolute Gasteiger partial charge is 0.511 e. The third-order valence-electron chi connectivity index (χ3n) is 11.1. The van der Waals surface area contributed by atoms with Crippen LogP contribution in [-0.4, -0.2) is 61.2 Å². The van der Waals surface area contributed by atoms with Crippen LogP contribution in [0.15, 0.2) is 47.3 Å². The molecule has 0 aromatic heterocycles. The zero-order valence-corrected chi connectivity index (χ0v) is 24.2. The number of piperidine rings is 1. The van der Waals surface area contributed by atoms with E-state index in [1.165, 1.54) is 12.8 Å². The Hall–Kier alpha value is -2.71. The molecule has 0 aromatic rings. The Morgan fingerprint density at radius 2 is 1.24 bits per heavy atom. The van der Waals surface area contributed by atoms with E-state index in [9.17, 15) is 19.5 Å². The first-order valence-corrected chi connectivity index (χ1v) is 15.6. The van der Waals surface area contributed by atoms with Crippen LogP contribution in [0.4, 0.5) is 0 Å². The molecule has 4 saturated carbocycles. The topological polar surface area (TPSA) is 114 Å². The van der Waals surface area contributed by atoms with Crippen molar-refractivity contribution in [2.75, 3.05) is 14.2 Å². The van der Waals surface area contributed by atoms with Crippen LogP contribution >= 0.6 is 0 Å². The summed E-state index contributed by atoms with van der Waals surface area (Å²) in [6.45, 7) is 0. The molecule has 222 valence electrons. The minimum Gasteiger partial charge on any atom is -0.511 e. The highest BCUT2D eigenvalue weighted by Gasteiger charge is 2.52. The maximum Gasteiger partial charge on any atom is 0.255 e. The standard InChI is InChI=1S/C33H44N2O6/c1-40-26-16-24-28(20-12-8-6-10-18(20)26)34-32(38)22(30(24)36)14-4-3-5-15-23-31(37)25-17-27(41-2)19-11-7-9-13-21(19)29(25)35-33(23)39/h3-5,14-15,18-21,24-29,36H,6-13,16-17H2,1-2H3,(H,34,38)(H,35,39)/b5-3+,14-4+,23-15-. The van der Waals surface area contributed by atoms with Crippen molar-refractivity contribution in [3.8, 4) is 0 Å². The molecule has 6 aliphatic rings. The Kier molecular flexibility index (Phi) is 8.23. The van der Waals surface area contributed by atoms with Gasteiger partial charge in [0.15, 0.2) is 5.78 Å². The van der Waals surface area contributed by atoms with Crippen LogP contribution in [0.1, 0.15) is 64.2 Å². The van der Waals surface area contributed by atoms with Gasteiger partial charge in [-0.2, -0.15) is 0 Å². The van der Waals surface area contributed by atoms with E-state index in [1.54, 1.807) is 44.6 Å². The normalized spacial score (nSPS) is 42.0. The van der Waals surface area contributed by atoms with Gasteiger partial charge in [-0.15, -0.1) is 0 Å². The summed E-state index contributed by atoms with van der Waals surface area (Å²) < 4.78 is 11.6. The molecule has 0 aromatic carbocycles. The number of aliphatic hydroxyl groups excluding tert-OH is 1. The van der Waals surface area contributed by atoms with Crippen molar-refractivity contribution in [3.05, 3.63) is 47.3 Å². The molecule has 0 spiro atoms. The summed E-state index contributed by atoms with van der Waals surface area (Å²) in [5, 5.41) is 17.5. The fraction of sp³-hybridized carbons (Fsp3) is 0.667. The SMILES string of the molecule is COC1CC2C(=O)/C(=C/C=C/C=C/C3=C(O)C4CC(OC)C5CCCCC5C4NC3=O)C(=O)NC2C2CCCCC12. The Morgan fingerprint density at radius 1 is 0.707 bits per heavy atom. The fourth-order valence-corrected chi connectivity index (χ4v) is 9.21. The number of ether oxygens (including phenoxy) is 2. The van der Waals surface area contributed by atoms with Gasteiger partial charge in [0.25, 0.3) is 11.8 Å². The Bertz CT molecular complexity index is 1190. The number of rotatable bonds is 5. The zero-order chi connectivity index (χ0) is 28.7. The van der Waals surface area contributed by atoms with E-state index < -0.39 is 0 Å². The third-order valence-corrected chi connectivity index (χ3v) is 11.1. The molecule has 0 radical (unpaired) electrons. The van der Waals surface area contributed by atoms with Crippen LogP contribution in [0.3, 0.4) is 0 Å². The van der Waals surface area contributed by atoms with Crippen LogP contribution in [0.5, 0.6) is 0 Å². The molecule has 41 heavy (non-hydrogen) atoms. The highest BCUT2D eigenvalue weighted by Crippen LogP contribution is 2.48. The average Bonchev–Trinajstić information content (AvgIpc) is 2.99. The van der Waals surface area contributed by atoms with Gasteiger partial charge in [0, 0.05) is 38.1 Å². The maximum absolute atomic E-state index is 13.4. The van der Waals surface area contributed by atoms with Gasteiger partial charge >= 0.3 is 0 Å². The molecule has 1 saturated heterocycles. The number of hydrogen-bond acceptors (Lipinski definition) is 6. The van der Waals surface area contributed by atoms with E-state index in [-0.39, 0.29) is 76.5 Å². The molecule has 5 fully saturated rings. The predicted octanol–water partition coefficient (Wildman–Crippen LogP) is 4.09. The predicted molar refractivity (Wildman–Crippen MR) is 154 cm³/mol. The van der Waals surface area contributed by atoms with Crippen molar-refractivity contribution in [1.29, 1.82) is 0 Å². The monoisotopic (exact) mass is 564 g/mol. The summed E-state index contributed by atoms with van der Waals surface area (Å²) >= 11 is 0. The average molecular weight is 565 g/mol. The number of fused-ring (bicyclic) bond motifs is 6. The van der Waals surface area contributed by atoms with E-state index in [4.69, 9.17) is 9.47 Å². The number of carbonyl (C=O) groups excluding carboxylic acids is 3. The van der Waals surface area contributed by atoms with Gasteiger partial charge in [0.1, 0.15) is 5.76 Å². The van der Waals surface area contributed by atoms with Gasteiger partial charge in [-0.1, -0.05) is 43.9 Å². The number of Topliss-reactive ketones (excluding diaryl/α,β-unsaturated/α-hetero) is 1. The molecular formula is C33H44N2O6. The lowest BCUT2D eigenvalue weighted by Gasteiger charge is -2.50. The second-order valence-electron chi connectivity index (χ2n) is 12.9.